The first-order chi connectivity index (χ1) is 16.7. The molecule has 2 aromatic heterocycles. The molecule has 1 amide bonds. The summed E-state index contributed by atoms with van der Waals surface area (Å²) in [5, 5.41) is 13.5. The Kier molecular flexibility index (Phi) is 6.78. The van der Waals surface area contributed by atoms with Crippen molar-refractivity contribution in [2.24, 2.45) is 0 Å². The second kappa shape index (κ2) is 9.78. The highest BCUT2D eigenvalue weighted by Gasteiger charge is 2.22. The molecule has 35 heavy (non-hydrogen) atoms. The van der Waals surface area contributed by atoms with Gasteiger partial charge in [0, 0.05) is 33.9 Å². The van der Waals surface area contributed by atoms with E-state index in [2.05, 4.69) is 5.32 Å². The zero-order chi connectivity index (χ0) is 25.3. The van der Waals surface area contributed by atoms with E-state index in [1.165, 1.54) is 0 Å². The lowest BCUT2D eigenvalue weighted by atomic mass is 9.96. The molecular weight excluding hydrogens is 446 g/mol. The Morgan fingerprint density at radius 1 is 1.00 bits per heavy atom. The predicted octanol–water partition coefficient (Wildman–Crippen LogP) is 5.43. The number of amides is 1. The summed E-state index contributed by atoms with van der Waals surface area (Å²) in [5.41, 5.74) is 4.58. The normalized spacial score (nSPS) is 12.2. The van der Waals surface area contributed by atoms with Gasteiger partial charge in [0.05, 0.1) is 0 Å². The third-order valence-corrected chi connectivity index (χ3v) is 6.51. The fourth-order valence-electron chi connectivity index (χ4n) is 4.68. The van der Waals surface area contributed by atoms with E-state index >= 15 is 0 Å². The Morgan fingerprint density at radius 3 is 2.34 bits per heavy atom. The number of carboxylic acids is 1. The monoisotopic (exact) mass is 475 g/mol. The summed E-state index contributed by atoms with van der Waals surface area (Å²) in [6, 6.07) is 11.0. The van der Waals surface area contributed by atoms with Crippen LogP contribution in [-0.4, -0.2) is 23.0 Å². The molecule has 2 heterocycles. The van der Waals surface area contributed by atoms with Crippen LogP contribution in [0.1, 0.15) is 48.6 Å². The van der Waals surface area contributed by atoms with Crippen molar-refractivity contribution in [2.45, 2.75) is 59.4 Å². The highest BCUT2D eigenvalue weighted by Crippen LogP contribution is 2.39. The molecule has 4 aromatic rings. The van der Waals surface area contributed by atoms with E-state index in [4.69, 9.17) is 8.83 Å². The minimum Gasteiger partial charge on any atom is -0.480 e. The van der Waals surface area contributed by atoms with Gasteiger partial charge < -0.3 is 19.3 Å². The molecule has 2 N–H and O–H groups in total. The third kappa shape index (κ3) is 4.58. The molecule has 0 saturated heterocycles. The highest BCUT2D eigenvalue weighted by atomic mass is 16.4. The number of aryl methyl sites for hydroxylation is 3. The van der Waals surface area contributed by atoms with Crippen molar-refractivity contribution in [3.05, 3.63) is 69.3 Å². The number of hydrogen-bond donors (Lipinski definition) is 2. The molecule has 182 valence electrons. The van der Waals surface area contributed by atoms with Crippen LogP contribution in [0.25, 0.3) is 33.1 Å². The van der Waals surface area contributed by atoms with E-state index in [1.54, 1.807) is 0 Å². The summed E-state index contributed by atoms with van der Waals surface area (Å²) in [7, 11) is 0. The Bertz CT molecular complexity index is 1480. The van der Waals surface area contributed by atoms with Crippen LogP contribution in [0.5, 0.6) is 0 Å². The quantitative estimate of drug-likeness (QED) is 0.329. The van der Waals surface area contributed by atoms with Crippen LogP contribution in [0.4, 0.5) is 0 Å². The predicted molar refractivity (Wildman–Crippen MR) is 135 cm³/mol. The lowest BCUT2D eigenvalue weighted by molar-refractivity contribution is -0.142. The first kappa shape index (κ1) is 24.3. The van der Waals surface area contributed by atoms with Gasteiger partial charge in [-0.3, -0.25) is 4.79 Å². The molecule has 4 rings (SSSR count). The number of nitrogens with one attached hydrogen (secondary N) is 1. The van der Waals surface area contributed by atoms with Crippen molar-refractivity contribution in [2.75, 3.05) is 0 Å². The molecule has 0 bridgehead atoms. The van der Waals surface area contributed by atoms with Crippen LogP contribution in [0, 0.1) is 20.8 Å². The zero-order valence-electron chi connectivity index (χ0n) is 20.4. The average molecular weight is 476 g/mol. The van der Waals surface area contributed by atoms with E-state index in [1.807, 2.05) is 64.1 Å². The number of benzene rings is 2. The maximum absolute atomic E-state index is 12.9. The topological polar surface area (TPSA) is 110 Å². The van der Waals surface area contributed by atoms with Crippen molar-refractivity contribution in [3.63, 3.8) is 0 Å². The van der Waals surface area contributed by atoms with E-state index in [9.17, 15) is 19.5 Å². The molecule has 7 heteroatoms. The third-order valence-electron chi connectivity index (χ3n) is 6.51. The second-order valence-corrected chi connectivity index (χ2v) is 8.89. The fraction of sp³-hybridized carbons (Fsp3) is 0.321. The molecule has 0 fully saturated rings. The first-order valence-electron chi connectivity index (χ1n) is 11.8. The molecular formula is C28H29NO6. The number of hydrogen-bond acceptors (Lipinski definition) is 5. The molecule has 0 aliphatic rings. The zero-order valence-corrected chi connectivity index (χ0v) is 20.4. The Hall–Kier alpha value is -3.87. The van der Waals surface area contributed by atoms with Gasteiger partial charge >= 0.3 is 11.6 Å². The standard InChI is InChI=1S/C28H29NO6/c1-5-9-22(27(31)32)29-23(30)13-12-19-15(2)20-14-21-24(18-10-7-6-8-11-18)17(4)34-26(21)16(3)25(20)35-28(19)33/h6-8,10-11,14,22H,5,9,12-13H2,1-4H3,(H,29,30)(H,31,32)/t22-/m0/s1. The summed E-state index contributed by atoms with van der Waals surface area (Å²) in [6.07, 6.45) is 1.13. The van der Waals surface area contributed by atoms with Crippen LogP contribution in [0.3, 0.4) is 0 Å². The molecule has 0 aliphatic heterocycles. The fourth-order valence-corrected chi connectivity index (χ4v) is 4.68. The van der Waals surface area contributed by atoms with Crippen molar-refractivity contribution >= 4 is 33.8 Å². The van der Waals surface area contributed by atoms with Gasteiger partial charge in [-0.2, -0.15) is 0 Å². The van der Waals surface area contributed by atoms with Gasteiger partial charge in [-0.15, -0.1) is 0 Å². The number of carbonyl (C=O) groups excluding carboxylic acids is 1. The van der Waals surface area contributed by atoms with E-state index in [0.29, 0.717) is 29.6 Å². The van der Waals surface area contributed by atoms with Crippen LogP contribution in [-0.2, 0) is 16.0 Å². The molecule has 2 aromatic carbocycles. The summed E-state index contributed by atoms with van der Waals surface area (Å²) in [6.45, 7) is 7.50. The van der Waals surface area contributed by atoms with Gasteiger partial charge in [0.1, 0.15) is 23.0 Å². The number of fused-ring (bicyclic) bond motifs is 2. The summed E-state index contributed by atoms with van der Waals surface area (Å²) in [5.74, 6) is -0.694. The van der Waals surface area contributed by atoms with Gasteiger partial charge in [0.25, 0.3) is 0 Å². The second-order valence-electron chi connectivity index (χ2n) is 8.89. The number of carboxylic acid groups (broad SMARTS) is 1. The minimum atomic E-state index is -1.06. The number of rotatable bonds is 8. The Labute approximate surface area is 202 Å². The number of aliphatic carboxylic acids is 1. The molecule has 7 nitrogen and oxygen atoms in total. The van der Waals surface area contributed by atoms with Crippen LogP contribution >= 0.6 is 0 Å². The molecule has 0 spiro atoms. The largest absolute Gasteiger partial charge is 0.480 e. The number of furan rings is 1. The number of carbonyl (C=O) groups is 2. The van der Waals surface area contributed by atoms with Gasteiger partial charge in [0.15, 0.2) is 0 Å². The van der Waals surface area contributed by atoms with Crippen molar-refractivity contribution in [1.29, 1.82) is 0 Å². The highest BCUT2D eigenvalue weighted by molar-refractivity contribution is 6.05. The molecule has 1 atom stereocenters. The van der Waals surface area contributed by atoms with Crippen LogP contribution < -0.4 is 10.9 Å². The van der Waals surface area contributed by atoms with E-state index in [-0.39, 0.29) is 12.8 Å². The van der Waals surface area contributed by atoms with Crippen molar-refractivity contribution in [1.82, 2.24) is 5.32 Å². The Morgan fingerprint density at radius 2 is 1.69 bits per heavy atom. The molecule has 0 unspecified atom stereocenters. The summed E-state index contributed by atoms with van der Waals surface area (Å²) >= 11 is 0. The van der Waals surface area contributed by atoms with Gasteiger partial charge in [-0.05, 0) is 50.8 Å². The molecule has 0 saturated carbocycles. The smallest absolute Gasteiger partial charge is 0.339 e. The molecule has 0 radical (unpaired) electrons. The molecule has 0 aliphatic carbocycles. The van der Waals surface area contributed by atoms with Crippen molar-refractivity contribution < 1.29 is 23.5 Å². The Balaban J connectivity index is 1.74. The maximum Gasteiger partial charge on any atom is 0.339 e. The minimum absolute atomic E-state index is 0.00802. The van der Waals surface area contributed by atoms with E-state index < -0.39 is 23.5 Å². The van der Waals surface area contributed by atoms with Crippen LogP contribution in [0.2, 0.25) is 0 Å². The van der Waals surface area contributed by atoms with Crippen LogP contribution in [0.15, 0.2) is 50.0 Å². The lowest BCUT2D eigenvalue weighted by Crippen LogP contribution is -2.40. The summed E-state index contributed by atoms with van der Waals surface area (Å²) < 4.78 is 11.8. The van der Waals surface area contributed by atoms with Crippen molar-refractivity contribution in [3.8, 4) is 11.1 Å². The van der Waals surface area contributed by atoms with Gasteiger partial charge in [-0.1, -0.05) is 43.7 Å². The average Bonchev–Trinajstić information content (AvgIpc) is 3.16. The first-order valence-corrected chi connectivity index (χ1v) is 11.8. The lowest BCUT2D eigenvalue weighted by Gasteiger charge is -2.14. The van der Waals surface area contributed by atoms with Gasteiger partial charge in [0.2, 0.25) is 5.91 Å². The summed E-state index contributed by atoms with van der Waals surface area (Å²) in [4.78, 5) is 36.6. The maximum atomic E-state index is 12.9. The SMILES string of the molecule is CCC[C@H](NC(=O)CCc1c(C)c2cc3c(-c4ccccc4)c(C)oc3c(C)c2oc1=O)C(=O)O. The van der Waals surface area contributed by atoms with E-state index in [0.717, 1.165) is 38.8 Å². The van der Waals surface area contributed by atoms with Gasteiger partial charge in [-0.25, -0.2) is 9.59 Å².